The van der Waals surface area contributed by atoms with E-state index in [9.17, 15) is 9.18 Å². The van der Waals surface area contributed by atoms with Crippen LogP contribution in [-0.2, 0) is 0 Å². The zero-order chi connectivity index (χ0) is 13.1. The molecule has 2 rings (SSSR count). The number of carbonyl (C=O) groups excluding carboxylic acids is 1. The zero-order valence-corrected chi connectivity index (χ0v) is 10.1. The van der Waals surface area contributed by atoms with Gasteiger partial charge in [0.2, 0.25) is 5.78 Å². The fourth-order valence-corrected chi connectivity index (χ4v) is 1.63. The zero-order valence-electron chi connectivity index (χ0n) is 10.1. The van der Waals surface area contributed by atoms with Gasteiger partial charge in [0.05, 0.1) is 7.11 Å². The van der Waals surface area contributed by atoms with Crippen LogP contribution < -0.4 is 4.74 Å². The Morgan fingerprint density at radius 3 is 2.67 bits per heavy atom. The number of carbonyl (C=O) groups is 1. The van der Waals surface area contributed by atoms with Crippen molar-refractivity contribution >= 4 is 5.78 Å². The number of halogens is 1. The fraction of sp³-hybridized carbons (Fsp3) is 0.143. The summed E-state index contributed by atoms with van der Waals surface area (Å²) in [6.07, 6.45) is 0. The second kappa shape index (κ2) is 4.96. The molecule has 0 aliphatic carbocycles. The third kappa shape index (κ3) is 2.37. The van der Waals surface area contributed by atoms with Gasteiger partial charge in [-0.15, -0.1) is 0 Å². The van der Waals surface area contributed by atoms with E-state index in [4.69, 9.17) is 4.74 Å². The molecule has 18 heavy (non-hydrogen) atoms. The first-order chi connectivity index (χ1) is 8.61. The van der Waals surface area contributed by atoms with Crippen LogP contribution in [0.15, 0.2) is 36.4 Å². The predicted octanol–water partition coefficient (Wildman–Crippen LogP) is 2.77. The van der Waals surface area contributed by atoms with E-state index in [0.717, 1.165) is 11.8 Å². The molecule has 0 atom stereocenters. The van der Waals surface area contributed by atoms with Crippen molar-refractivity contribution in [1.82, 2.24) is 4.98 Å². The van der Waals surface area contributed by atoms with Crippen LogP contribution >= 0.6 is 0 Å². The number of aromatic nitrogens is 1. The van der Waals surface area contributed by atoms with Gasteiger partial charge in [-0.2, -0.15) is 0 Å². The summed E-state index contributed by atoms with van der Waals surface area (Å²) in [5.74, 6) is -0.750. The number of nitrogens with zero attached hydrogens (tertiary/aromatic N) is 1. The molecule has 1 heterocycles. The summed E-state index contributed by atoms with van der Waals surface area (Å²) in [6, 6.07) is 9.26. The number of hydrogen-bond acceptors (Lipinski definition) is 3. The molecule has 0 saturated carbocycles. The second-order valence-electron chi connectivity index (χ2n) is 3.84. The molecular weight excluding hydrogens is 233 g/mol. The highest BCUT2D eigenvalue weighted by Gasteiger charge is 2.13. The Labute approximate surface area is 104 Å². The molecule has 1 aromatic heterocycles. The number of ether oxygens (including phenoxy) is 1. The first-order valence-corrected chi connectivity index (χ1v) is 5.43. The van der Waals surface area contributed by atoms with Gasteiger partial charge in [0, 0.05) is 11.3 Å². The van der Waals surface area contributed by atoms with Crippen LogP contribution in [0.5, 0.6) is 5.75 Å². The average molecular weight is 245 g/mol. The van der Waals surface area contributed by atoms with Gasteiger partial charge >= 0.3 is 0 Å². The molecular formula is C14H12FNO2. The standard InChI is InChI=1S/C14H12FNO2/c1-9-4-3-5-12(16-9)14(17)10-6-7-13(18-2)11(15)8-10/h3-8H,1-2H3. The molecule has 0 bridgehead atoms. The van der Waals surface area contributed by atoms with Gasteiger partial charge in [-0.3, -0.25) is 4.79 Å². The minimum absolute atomic E-state index is 0.115. The number of rotatable bonds is 3. The summed E-state index contributed by atoms with van der Waals surface area (Å²) in [4.78, 5) is 16.2. The van der Waals surface area contributed by atoms with E-state index in [1.165, 1.54) is 19.2 Å². The molecule has 92 valence electrons. The van der Waals surface area contributed by atoms with Crippen molar-refractivity contribution in [3.8, 4) is 5.75 Å². The first-order valence-electron chi connectivity index (χ1n) is 5.43. The number of ketones is 1. The summed E-state index contributed by atoms with van der Waals surface area (Å²) in [7, 11) is 1.38. The highest BCUT2D eigenvalue weighted by atomic mass is 19.1. The lowest BCUT2D eigenvalue weighted by Crippen LogP contribution is -2.05. The highest BCUT2D eigenvalue weighted by Crippen LogP contribution is 2.19. The van der Waals surface area contributed by atoms with E-state index >= 15 is 0 Å². The van der Waals surface area contributed by atoms with Crippen LogP contribution in [0, 0.1) is 12.7 Å². The molecule has 3 nitrogen and oxygen atoms in total. The normalized spacial score (nSPS) is 10.2. The molecule has 0 saturated heterocycles. The SMILES string of the molecule is COc1ccc(C(=O)c2cccc(C)n2)cc1F. The number of pyridine rings is 1. The maximum Gasteiger partial charge on any atom is 0.211 e. The molecule has 0 radical (unpaired) electrons. The Bertz CT molecular complexity index is 596. The molecule has 0 N–H and O–H groups in total. The van der Waals surface area contributed by atoms with Crippen LogP contribution in [0.2, 0.25) is 0 Å². The summed E-state index contributed by atoms with van der Waals surface area (Å²) in [5.41, 5.74) is 1.31. The lowest BCUT2D eigenvalue weighted by molar-refractivity contribution is 0.103. The van der Waals surface area contributed by atoms with Crippen LogP contribution in [0.25, 0.3) is 0 Å². The monoisotopic (exact) mass is 245 g/mol. The van der Waals surface area contributed by atoms with E-state index in [0.29, 0.717) is 5.69 Å². The van der Waals surface area contributed by atoms with E-state index in [-0.39, 0.29) is 17.1 Å². The lowest BCUT2D eigenvalue weighted by Gasteiger charge is -2.04. The Morgan fingerprint density at radius 1 is 1.28 bits per heavy atom. The van der Waals surface area contributed by atoms with Gasteiger partial charge in [-0.1, -0.05) is 6.07 Å². The largest absolute Gasteiger partial charge is 0.494 e. The van der Waals surface area contributed by atoms with Crippen LogP contribution in [0.4, 0.5) is 4.39 Å². The predicted molar refractivity (Wildman–Crippen MR) is 65.4 cm³/mol. The molecule has 2 aromatic rings. The van der Waals surface area contributed by atoms with Crippen molar-refractivity contribution in [2.24, 2.45) is 0 Å². The molecule has 0 fully saturated rings. The van der Waals surface area contributed by atoms with Crippen molar-refractivity contribution in [1.29, 1.82) is 0 Å². The van der Waals surface area contributed by atoms with E-state index in [2.05, 4.69) is 4.98 Å². The van der Waals surface area contributed by atoms with E-state index in [1.54, 1.807) is 25.1 Å². The molecule has 0 unspecified atom stereocenters. The van der Waals surface area contributed by atoms with Gasteiger partial charge in [0.1, 0.15) is 5.69 Å². The number of benzene rings is 1. The topological polar surface area (TPSA) is 39.2 Å². The van der Waals surface area contributed by atoms with Crippen molar-refractivity contribution in [3.63, 3.8) is 0 Å². The summed E-state index contributed by atoms with van der Waals surface area (Å²) in [5, 5.41) is 0. The Balaban J connectivity index is 2.37. The minimum Gasteiger partial charge on any atom is -0.494 e. The number of hydrogen-bond donors (Lipinski definition) is 0. The summed E-state index contributed by atoms with van der Waals surface area (Å²) in [6.45, 7) is 1.80. The average Bonchev–Trinajstić information content (AvgIpc) is 2.37. The van der Waals surface area contributed by atoms with Crippen LogP contribution in [0.1, 0.15) is 21.7 Å². The molecule has 1 aromatic carbocycles. The molecule has 0 aliphatic heterocycles. The minimum atomic E-state index is -0.559. The van der Waals surface area contributed by atoms with Crippen LogP contribution in [0.3, 0.4) is 0 Å². The van der Waals surface area contributed by atoms with Gasteiger partial charge in [-0.05, 0) is 37.3 Å². The third-order valence-electron chi connectivity index (χ3n) is 2.53. The summed E-state index contributed by atoms with van der Waals surface area (Å²) >= 11 is 0. The summed E-state index contributed by atoms with van der Waals surface area (Å²) < 4.78 is 18.3. The Kier molecular flexibility index (Phi) is 3.37. The maximum absolute atomic E-state index is 13.5. The van der Waals surface area contributed by atoms with Crippen molar-refractivity contribution in [2.45, 2.75) is 6.92 Å². The van der Waals surface area contributed by atoms with Crippen LogP contribution in [-0.4, -0.2) is 17.9 Å². The van der Waals surface area contributed by atoms with E-state index < -0.39 is 5.82 Å². The van der Waals surface area contributed by atoms with Gasteiger partial charge in [-0.25, -0.2) is 9.37 Å². The smallest absolute Gasteiger partial charge is 0.211 e. The Hall–Kier alpha value is -2.23. The highest BCUT2D eigenvalue weighted by molar-refractivity contribution is 6.07. The van der Waals surface area contributed by atoms with Gasteiger partial charge in [0.15, 0.2) is 11.6 Å². The molecule has 0 aliphatic rings. The lowest BCUT2D eigenvalue weighted by atomic mass is 10.1. The third-order valence-corrected chi connectivity index (χ3v) is 2.53. The van der Waals surface area contributed by atoms with Crippen molar-refractivity contribution in [3.05, 3.63) is 59.2 Å². The number of methoxy groups -OCH3 is 1. The van der Waals surface area contributed by atoms with Gasteiger partial charge in [0.25, 0.3) is 0 Å². The maximum atomic E-state index is 13.5. The Morgan fingerprint density at radius 2 is 2.06 bits per heavy atom. The fourth-order valence-electron chi connectivity index (χ4n) is 1.63. The molecule has 0 amide bonds. The van der Waals surface area contributed by atoms with Crippen molar-refractivity contribution < 1.29 is 13.9 Å². The van der Waals surface area contributed by atoms with Gasteiger partial charge < -0.3 is 4.74 Å². The van der Waals surface area contributed by atoms with Crippen molar-refractivity contribution in [2.75, 3.05) is 7.11 Å². The first kappa shape index (κ1) is 12.2. The number of aryl methyl sites for hydroxylation is 1. The van der Waals surface area contributed by atoms with E-state index in [1.807, 2.05) is 0 Å². The second-order valence-corrected chi connectivity index (χ2v) is 3.84. The molecule has 4 heteroatoms. The molecule has 0 spiro atoms. The quantitative estimate of drug-likeness (QED) is 0.780.